The lowest BCUT2D eigenvalue weighted by Gasteiger charge is -2.29. The van der Waals surface area contributed by atoms with Crippen LogP contribution in [0.3, 0.4) is 0 Å². The molecule has 1 unspecified atom stereocenters. The highest BCUT2D eigenvalue weighted by molar-refractivity contribution is 6.35. The molecule has 0 N–H and O–H groups in total. The molecule has 0 spiro atoms. The highest BCUT2D eigenvalue weighted by Gasteiger charge is 2.15. The lowest BCUT2D eigenvalue weighted by atomic mass is 10.1. The summed E-state index contributed by atoms with van der Waals surface area (Å²) >= 11 is 5.91. The zero-order valence-corrected chi connectivity index (χ0v) is 14.2. The first-order valence-corrected chi connectivity index (χ1v) is 9.37. The molecule has 2 rings (SSSR count). The van der Waals surface area contributed by atoms with E-state index in [1.807, 2.05) is 0 Å². The predicted molar refractivity (Wildman–Crippen MR) is 90.9 cm³/mol. The van der Waals surface area contributed by atoms with Gasteiger partial charge in [-0.2, -0.15) is 0 Å². The second-order valence-corrected chi connectivity index (χ2v) is 7.43. The van der Waals surface area contributed by atoms with E-state index in [-0.39, 0.29) is 9.68 Å². The molecule has 0 heterocycles. The van der Waals surface area contributed by atoms with Gasteiger partial charge in [0.25, 0.3) is 0 Å². The minimum absolute atomic E-state index is 0.308. The fourth-order valence-electron chi connectivity index (χ4n) is 2.43. The van der Waals surface area contributed by atoms with Crippen molar-refractivity contribution in [3.05, 3.63) is 71.8 Å². The van der Waals surface area contributed by atoms with Gasteiger partial charge in [-0.1, -0.05) is 60.7 Å². The first kappa shape index (κ1) is 15.3. The summed E-state index contributed by atoms with van der Waals surface area (Å²) in [5, 5.41) is 0. The highest BCUT2D eigenvalue weighted by Crippen LogP contribution is 2.21. The van der Waals surface area contributed by atoms with Gasteiger partial charge >= 0.3 is 0 Å². The van der Waals surface area contributed by atoms with E-state index in [1.165, 1.54) is 11.1 Å². The molecule has 2 aromatic carbocycles. The monoisotopic (exact) mass is 303 g/mol. The normalized spacial score (nSPS) is 13.2. The molecule has 0 amide bonds. The van der Waals surface area contributed by atoms with Crippen molar-refractivity contribution in [2.24, 2.45) is 0 Å². The van der Waals surface area contributed by atoms with Crippen LogP contribution >= 0.6 is 11.6 Å². The summed E-state index contributed by atoms with van der Waals surface area (Å²) < 4.78 is 2.63. The van der Waals surface area contributed by atoms with Crippen LogP contribution in [0.4, 0.5) is 0 Å². The van der Waals surface area contributed by atoms with Gasteiger partial charge in [0.15, 0.2) is 0 Å². The van der Waals surface area contributed by atoms with E-state index >= 15 is 0 Å². The van der Waals surface area contributed by atoms with Gasteiger partial charge in [0.2, 0.25) is 0 Å². The van der Waals surface area contributed by atoms with E-state index in [4.69, 9.17) is 11.6 Å². The Morgan fingerprint density at radius 2 is 1.60 bits per heavy atom. The summed E-state index contributed by atoms with van der Waals surface area (Å²) in [5.74, 6) is 0.777. The summed E-state index contributed by atoms with van der Waals surface area (Å²) in [6.45, 7) is 3.33. The van der Waals surface area contributed by atoms with Gasteiger partial charge in [0.05, 0.1) is 9.68 Å². The Morgan fingerprint density at radius 3 is 2.20 bits per heavy atom. The third-order valence-corrected chi connectivity index (χ3v) is 6.37. The van der Waals surface area contributed by atoms with Gasteiger partial charge < -0.3 is 4.57 Å². The van der Waals surface area contributed by atoms with E-state index in [0.29, 0.717) is 6.04 Å². The fourth-order valence-corrected chi connectivity index (χ4v) is 4.33. The standard InChI is InChI=1S/C17H22ClNSi/c1-15(17-10-6-3-7-11-17)19(20-13-12-18)14-16-8-4-2-5-9-16/h2-11,15H,12-14,20H2,1H3. The molecule has 0 radical (unpaired) electrons. The Hall–Kier alpha value is -1.09. The van der Waals surface area contributed by atoms with Crippen molar-refractivity contribution in [2.45, 2.75) is 25.6 Å². The molecule has 0 saturated carbocycles. The largest absolute Gasteiger partial charge is 0.319 e. The molecule has 0 bridgehead atoms. The smallest absolute Gasteiger partial charge is 0.0973 e. The van der Waals surface area contributed by atoms with Gasteiger partial charge in [-0.15, -0.1) is 11.6 Å². The number of benzene rings is 2. The number of halogens is 1. The molecule has 1 atom stereocenters. The lowest BCUT2D eigenvalue weighted by Crippen LogP contribution is -2.30. The van der Waals surface area contributed by atoms with Gasteiger partial charge in [-0.25, -0.2) is 0 Å². The maximum atomic E-state index is 5.91. The van der Waals surface area contributed by atoms with Crippen LogP contribution in [0.15, 0.2) is 60.7 Å². The molecule has 0 aliphatic heterocycles. The minimum Gasteiger partial charge on any atom is -0.319 e. The average Bonchev–Trinajstić information content (AvgIpc) is 2.52. The van der Waals surface area contributed by atoms with Gasteiger partial charge in [0, 0.05) is 18.5 Å². The summed E-state index contributed by atoms with van der Waals surface area (Å²) in [7, 11) is -0.308. The van der Waals surface area contributed by atoms with Crippen LogP contribution in [0.2, 0.25) is 6.04 Å². The highest BCUT2D eigenvalue weighted by atomic mass is 35.5. The maximum Gasteiger partial charge on any atom is 0.0973 e. The van der Waals surface area contributed by atoms with Gasteiger partial charge in [0.1, 0.15) is 0 Å². The first-order valence-electron chi connectivity index (χ1n) is 7.20. The molecule has 2 aromatic rings. The van der Waals surface area contributed by atoms with Crippen LogP contribution in [0.1, 0.15) is 24.1 Å². The predicted octanol–water partition coefficient (Wildman–Crippen LogP) is 3.99. The quantitative estimate of drug-likeness (QED) is 0.552. The van der Waals surface area contributed by atoms with Crippen molar-refractivity contribution in [3.8, 4) is 0 Å². The number of hydrogen-bond donors (Lipinski definition) is 0. The Labute approximate surface area is 129 Å². The van der Waals surface area contributed by atoms with Crippen LogP contribution in [0.5, 0.6) is 0 Å². The molecule has 0 aromatic heterocycles. The number of rotatable bonds is 7. The van der Waals surface area contributed by atoms with E-state index in [2.05, 4.69) is 72.2 Å². The van der Waals surface area contributed by atoms with Crippen LogP contribution < -0.4 is 0 Å². The van der Waals surface area contributed by atoms with Crippen LogP contribution in [-0.4, -0.2) is 20.1 Å². The fraction of sp³-hybridized carbons (Fsp3) is 0.294. The van der Waals surface area contributed by atoms with Crippen molar-refractivity contribution < 1.29 is 0 Å². The third kappa shape index (κ3) is 4.48. The number of alkyl halides is 1. The number of nitrogens with zero attached hydrogens (tertiary/aromatic N) is 1. The SMILES string of the molecule is CC(c1ccccc1)N(Cc1ccccc1)[SiH2]CCCl. The second kappa shape index (κ2) is 8.25. The van der Waals surface area contributed by atoms with Crippen molar-refractivity contribution in [1.82, 2.24) is 4.57 Å². The van der Waals surface area contributed by atoms with Crippen molar-refractivity contribution in [1.29, 1.82) is 0 Å². The van der Waals surface area contributed by atoms with E-state index < -0.39 is 0 Å². The zero-order valence-electron chi connectivity index (χ0n) is 12.0. The van der Waals surface area contributed by atoms with E-state index in [9.17, 15) is 0 Å². The molecule has 0 saturated heterocycles. The summed E-state index contributed by atoms with van der Waals surface area (Å²) in [5.41, 5.74) is 2.78. The Morgan fingerprint density at radius 1 is 1.00 bits per heavy atom. The lowest BCUT2D eigenvalue weighted by molar-refractivity contribution is 0.351. The van der Waals surface area contributed by atoms with E-state index in [1.54, 1.807) is 0 Å². The average molecular weight is 304 g/mol. The molecule has 0 aliphatic carbocycles. The molecule has 3 heteroatoms. The van der Waals surface area contributed by atoms with Gasteiger partial charge in [-0.05, 0) is 24.1 Å². The van der Waals surface area contributed by atoms with Crippen LogP contribution in [-0.2, 0) is 6.54 Å². The molecule has 1 nitrogen and oxygen atoms in total. The van der Waals surface area contributed by atoms with Crippen molar-refractivity contribution in [3.63, 3.8) is 0 Å². The number of hydrogen-bond acceptors (Lipinski definition) is 1. The third-order valence-electron chi connectivity index (χ3n) is 3.64. The molecular formula is C17H22ClNSi. The Kier molecular flexibility index (Phi) is 6.31. The molecule has 0 fully saturated rings. The van der Waals surface area contributed by atoms with Crippen molar-refractivity contribution in [2.75, 3.05) is 5.88 Å². The van der Waals surface area contributed by atoms with Crippen LogP contribution in [0.25, 0.3) is 0 Å². The maximum absolute atomic E-state index is 5.91. The Bertz CT molecular complexity index is 489. The summed E-state index contributed by atoms with van der Waals surface area (Å²) in [6, 6.07) is 23.1. The molecule has 20 heavy (non-hydrogen) atoms. The van der Waals surface area contributed by atoms with E-state index in [0.717, 1.165) is 18.5 Å². The summed E-state index contributed by atoms with van der Waals surface area (Å²) in [6.07, 6.45) is 0. The molecule has 0 aliphatic rings. The molecular weight excluding hydrogens is 282 g/mol. The van der Waals surface area contributed by atoms with Crippen LogP contribution in [0, 0.1) is 0 Å². The zero-order chi connectivity index (χ0) is 14.2. The summed E-state index contributed by atoms with van der Waals surface area (Å²) in [4.78, 5) is 0. The topological polar surface area (TPSA) is 3.24 Å². The Balaban J connectivity index is 2.10. The van der Waals surface area contributed by atoms with Crippen molar-refractivity contribution >= 4 is 21.3 Å². The molecule has 106 valence electrons. The van der Waals surface area contributed by atoms with Gasteiger partial charge in [-0.3, -0.25) is 0 Å². The first-order chi connectivity index (χ1) is 9.81. The minimum atomic E-state index is -0.308. The second-order valence-electron chi connectivity index (χ2n) is 5.09.